The molecule has 3 nitrogen and oxygen atoms in total. The van der Waals surface area contributed by atoms with Crippen LogP contribution in [0.25, 0.3) is 0 Å². The van der Waals surface area contributed by atoms with Gasteiger partial charge in [0, 0.05) is 0 Å². The summed E-state index contributed by atoms with van der Waals surface area (Å²) in [6.07, 6.45) is -5.50. The smallest absolute Gasteiger partial charge is 0.378 e. The quantitative estimate of drug-likeness (QED) is 0.771. The van der Waals surface area contributed by atoms with Gasteiger partial charge in [-0.15, -0.1) is 0 Å². The van der Waals surface area contributed by atoms with Gasteiger partial charge in [-0.2, -0.15) is 13.2 Å². The molecule has 13 heavy (non-hydrogen) atoms. The molecule has 1 rings (SSSR count). The molecular weight excluding hydrogens is 209 g/mol. The van der Waals surface area contributed by atoms with Gasteiger partial charge >= 0.3 is 6.18 Å². The lowest BCUT2D eigenvalue weighted by Crippen LogP contribution is -2.21. The molecule has 0 bridgehead atoms. The van der Waals surface area contributed by atoms with Crippen LogP contribution < -0.4 is 0 Å². The van der Waals surface area contributed by atoms with Crippen molar-refractivity contribution in [2.45, 2.75) is 12.3 Å². The molecule has 1 atom stereocenters. The summed E-state index contributed by atoms with van der Waals surface area (Å²) < 4.78 is 35.7. The first kappa shape index (κ1) is 10.2. The van der Waals surface area contributed by atoms with Crippen molar-refractivity contribution in [3.63, 3.8) is 0 Å². The Hall–Kier alpha value is -0.880. The van der Waals surface area contributed by atoms with E-state index in [1.807, 2.05) is 0 Å². The van der Waals surface area contributed by atoms with Crippen molar-refractivity contribution in [3.05, 3.63) is 23.2 Å². The maximum absolute atomic E-state index is 11.9. The summed E-state index contributed by atoms with van der Waals surface area (Å²) in [6.45, 7) is 0. The fourth-order valence-electron chi connectivity index (χ4n) is 0.656. The Bertz CT molecular complexity index is 304. The van der Waals surface area contributed by atoms with E-state index in [1.165, 1.54) is 0 Å². The third-order valence-corrected chi connectivity index (χ3v) is 1.40. The molecule has 1 unspecified atom stereocenters. The van der Waals surface area contributed by atoms with Crippen LogP contribution in [-0.4, -0.2) is 21.3 Å². The number of halogens is 4. The van der Waals surface area contributed by atoms with Crippen molar-refractivity contribution in [1.29, 1.82) is 0 Å². The highest BCUT2D eigenvalue weighted by Crippen LogP contribution is 2.31. The second-order valence-corrected chi connectivity index (χ2v) is 2.60. The lowest BCUT2D eigenvalue weighted by atomic mass is 10.2. The van der Waals surface area contributed by atoms with Gasteiger partial charge < -0.3 is 5.11 Å². The van der Waals surface area contributed by atoms with Gasteiger partial charge in [-0.1, -0.05) is 11.6 Å². The first-order chi connectivity index (χ1) is 5.91. The van der Waals surface area contributed by atoms with Gasteiger partial charge in [-0.3, -0.25) is 4.98 Å². The summed E-state index contributed by atoms with van der Waals surface area (Å²) in [5.74, 6) is 0. The number of aliphatic hydroxyl groups excluding tert-OH is 1. The highest BCUT2D eigenvalue weighted by molar-refractivity contribution is 6.29. The molecule has 7 heteroatoms. The Labute approximate surface area is 76.2 Å². The molecule has 0 aliphatic heterocycles. The van der Waals surface area contributed by atoms with E-state index in [2.05, 4.69) is 9.97 Å². The molecule has 0 amide bonds. The molecule has 0 aliphatic rings. The first-order valence-electron chi connectivity index (χ1n) is 3.13. The largest absolute Gasteiger partial charge is 0.420 e. The molecule has 0 radical (unpaired) electrons. The minimum atomic E-state index is -4.75. The highest BCUT2D eigenvalue weighted by Gasteiger charge is 2.40. The van der Waals surface area contributed by atoms with E-state index in [4.69, 9.17) is 16.7 Å². The minimum Gasteiger partial charge on any atom is -0.378 e. The van der Waals surface area contributed by atoms with Gasteiger partial charge in [0.05, 0.1) is 18.1 Å². The minimum absolute atomic E-state index is 0.194. The molecule has 72 valence electrons. The second kappa shape index (κ2) is 3.47. The van der Waals surface area contributed by atoms with E-state index in [9.17, 15) is 13.2 Å². The normalized spacial score (nSPS) is 14.2. The number of rotatable bonds is 1. The van der Waals surface area contributed by atoms with Crippen molar-refractivity contribution in [2.24, 2.45) is 0 Å². The van der Waals surface area contributed by atoms with E-state index in [0.717, 1.165) is 12.4 Å². The van der Waals surface area contributed by atoms with E-state index >= 15 is 0 Å². The molecule has 1 N–H and O–H groups in total. The van der Waals surface area contributed by atoms with Crippen LogP contribution in [0.5, 0.6) is 0 Å². The summed E-state index contributed by atoms with van der Waals surface area (Å²) >= 11 is 5.29. The molecule has 0 fully saturated rings. The Kier molecular flexibility index (Phi) is 2.72. The van der Waals surface area contributed by atoms with Crippen molar-refractivity contribution in [3.8, 4) is 0 Å². The SMILES string of the molecule is OC(c1cncc(Cl)n1)C(F)(F)F. The van der Waals surface area contributed by atoms with Crippen LogP contribution in [0.4, 0.5) is 13.2 Å². The fourth-order valence-corrected chi connectivity index (χ4v) is 0.810. The summed E-state index contributed by atoms with van der Waals surface area (Å²) in [7, 11) is 0. The van der Waals surface area contributed by atoms with Crippen LogP contribution in [-0.2, 0) is 0 Å². The lowest BCUT2D eigenvalue weighted by Gasteiger charge is -2.12. The predicted octanol–water partition coefficient (Wildman–Crippen LogP) is 1.73. The van der Waals surface area contributed by atoms with Gasteiger partial charge in [0.15, 0.2) is 6.10 Å². The average Bonchev–Trinajstić information content (AvgIpc) is 2.01. The van der Waals surface area contributed by atoms with Crippen LogP contribution in [0.1, 0.15) is 11.8 Å². The first-order valence-corrected chi connectivity index (χ1v) is 3.51. The van der Waals surface area contributed by atoms with Crippen LogP contribution in [0.3, 0.4) is 0 Å². The average molecular weight is 213 g/mol. The molecule has 0 saturated heterocycles. The van der Waals surface area contributed by atoms with Crippen LogP contribution >= 0.6 is 11.6 Å². The van der Waals surface area contributed by atoms with Crippen molar-refractivity contribution in [1.82, 2.24) is 9.97 Å². The monoisotopic (exact) mass is 212 g/mol. The van der Waals surface area contributed by atoms with Crippen LogP contribution in [0.2, 0.25) is 5.15 Å². The van der Waals surface area contributed by atoms with Crippen molar-refractivity contribution < 1.29 is 18.3 Å². The Morgan fingerprint density at radius 1 is 1.38 bits per heavy atom. The molecule has 1 aromatic rings. The number of alkyl halides is 3. The summed E-state index contributed by atoms with van der Waals surface area (Å²) in [5, 5.41) is 8.50. The van der Waals surface area contributed by atoms with Gasteiger partial charge in [-0.05, 0) is 0 Å². The van der Waals surface area contributed by atoms with Crippen LogP contribution in [0, 0.1) is 0 Å². The standard InChI is InChI=1S/C6H4ClF3N2O/c7-4-2-11-1-3(12-4)5(13)6(8,9)10/h1-2,5,13H. The topological polar surface area (TPSA) is 46.0 Å². The molecule has 1 aromatic heterocycles. The summed E-state index contributed by atoms with van der Waals surface area (Å²) in [4.78, 5) is 6.64. The Morgan fingerprint density at radius 3 is 2.46 bits per heavy atom. The second-order valence-electron chi connectivity index (χ2n) is 2.21. The Morgan fingerprint density at radius 2 is 2.00 bits per heavy atom. The zero-order valence-corrected chi connectivity index (χ0v) is 6.84. The van der Waals surface area contributed by atoms with Gasteiger partial charge in [-0.25, -0.2) is 4.98 Å². The molecule has 0 aromatic carbocycles. The number of hydrogen-bond acceptors (Lipinski definition) is 3. The molecule has 1 heterocycles. The third kappa shape index (κ3) is 2.53. The van der Waals surface area contributed by atoms with E-state index in [1.54, 1.807) is 0 Å². The van der Waals surface area contributed by atoms with E-state index in [-0.39, 0.29) is 5.15 Å². The summed E-state index contributed by atoms with van der Waals surface area (Å²) in [5.41, 5.74) is -0.611. The predicted molar refractivity (Wildman–Crippen MR) is 38.1 cm³/mol. The number of nitrogens with zero attached hydrogens (tertiary/aromatic N) is 2. The number of hydrogen-bond donors (Lipinski definition) is 1. The maximum Gasteiger partial charge on any atom is 0.420 e. The molecule has 0 spiro atoms. The zero-order valence-electron chi connectivity index (χ0n) is 6.09. The maximum atomic E-state index is 11.9. The third-order valence-electron chi connectivity index (χ3n) is 1.21. The Balaban J connectivity index is 2.96. The van der Waals surface area contributed by atoms with Gasteiger partial charge in [0.25, 0.3) is 0 Å². The van der Waals surface area contributed by atoms with Crippen molar-refractivity contribution in [2.75, 3.05) is 0 Å². The molecular formula is C6H4ClF3N2O. The summed E-state index contributed by atoms with van der Waals surface area (Å²) in [6, 6.07) is 0. The van der Waals surface area contributed by atoms with E-state index < -0.39 is 18.0 Å². The van der Waals surface area contributed by atoms with E-state index in [0.29, 0.717) is 0 Å². The highest BCUT2D eigenvalue weighted by atomic mass is 35.5. The molecule has 0 aliphatic carbocycles. The molecule has 0 saturated carbocycles. The number of aromatic nitrogens is 2. The van der Waals surface area contributed by atoms with Gasteiger partial charge in [0.2, 0.25) is 0 Å². The fraction of sp³-hybridized carbons (Fsp3) is 0.333. The van der Waals surface area contributed by atoms with Gasteiger partial charge in [0.1, 0.15) is 5.15 Å². The van der Waals surface area contributed by atoms with Crippen molar-refractivity contribution >= 4 is 11.6 Å². The lowest BCUT2D eigenvalue weighted by molar-refractivity contribution is -0.208. The number of aliphatic hydroxyl groups is 1. The van der Waals surface area contributed by atoms with Crippen LogP contribution in [0.15, 0.2) is 12.4 Å². The zero-order chi connectivity index (χ0) is 10.1.